The fraction of sp³-hybridized carbons (Fsp3) is 0.278. The summed E-state index contributed by atoms with van der Waals surface area (Å²) in [5.41, 5.74) is -0.415. The van der Waals surface area contributed by atoms with Crippen molar-refractivity contribution in [2.24, 2.45) is 0 Å². The van der Waals surface area contributed by atoms with Gasteiger partial charge in [0.05, 0.1) is 5.56 Å². The molecule has 4 amide bonds. The third-order valence-electron chi connectivity index (χ3n) is 4.00. The number of carbonyl (C=O) groups excluding carboxylic acids is 3. The van der Waals surface area contributed by atoms with Crippen LogP contribution in [0.3, 0.4) is 0 Å². The quantitative estimate of drug-likeness (QED) is 0.501. The summed E-state index contributed by atoms with van der Waals surface area (Å²) < 4.78 is 0. The number of urea groups is 1. The standard InChI is InChI=1S/C18H19N3O3S2/c1-18(16(23)20-17(24)21-18)11-26-14-7-3-2-6-13(14)15(22)19-9-8-12-5-4-10-25-12/h2-7,10H,8-9,11H2,1H3,(H,19,22)(H2,20,21,23,24). The molecule has 0 saturated carbocycles. The largest absolute Gasteiger partial charge is 0.352 e. The highest BCUT2D eigenvalue weighted by molar-refractivity contribution is 7.99. The number of hydrogen-bond donors (Lipinski definition) is 3. The van der Waals surface area contributed by atoms with Gasteiger partial charge in [-0.2, -0.15) is 0 Å². The number of nitrogens with one attached hydrogen (secondary N) is 3. The first-order valence-electron chi connectivity index (χ1n) is 8.14. The Kier molecular flexibility index (Phi) is 5.63. The SMILES string of the molecule is CC1(CSc2ccccc2C(=O)NCCc2cccs2)NC(=O)NC1=O. The van der Waals surface area contributed by atoms with Gasteiger partial charge in [0, 0.05) is 22.1 Å². The van der Waals surface area contributed by atoms with Gasteiger partial charge in [-0.1, -0.05) is 18.2 Å². The Morgan fingerprint density at radius 2 is 2.04 bits per heavy atom. The van der Waals surface area contributed by atoms with Crippen molar-refractivity contribution < 1.29 is 14.4 Å². The van der Waals surface area contributed by atoms with Crippen LogP contribution in [0.2, 0.25) is 0 Å². The van der Waals surface area contributed by atoms with Crippen LogP contribution in [-0.4, -0.2) is 35.7 Å². The molecule has 8 heteroatoms. The van der Waals surface area contributed by atoms with Crippen molar-refractivity contribution in [2.45, 2.75) is 23.8 Å². The van der Waals surface area contributed by atoms with E-state index in [4.69, 9.17) is 0 Å². The van der Waals surface area contributed by atoms with Crippen LogP contribution in [0.4, 0.5) is 4.79 Å². The summed E-state index contributed by atoms with van der Waals surface area (Å²) in [5, 5.41) is 9.82. The predicted octanol–water partition coefficient (Wildman–Crippen LogP) is 2.41. The Morgan fingerprint density at radius 1 is 1.23 bits per heavy atom. The van der Waals surface area contributed by atoms with Crippen molar-refractivity contribution in [1.29, 1.82) is 0 Å². The maximum Gasteiger partial charge on any atom is 0.322 e. The van der Waals surface area contributed by atoms with Gasteiger partial charge in [-0.05, 0) is 36.9 Å². The smallest absolute Gasteiger partial charge is 0.322 e. The number of benzene rings is 1. The highest BCUT2D eigenvalue weighted by atomic mass is 32.2. The highest BCUT2D eigenvalue weighted by Crippen LogP contribution is 2.27. The Bertz CT molecular complexity index is 823. The monoisotopic (exact) mass is 389 g/mol. The molecule has 136 valence electrons. The zero-order valence-electron chi connectivity index (χ0n) is 14.2. The molecular weight excluding hydrogens is 370 g/mol. The third kappa shape index (κ3) is 4.25. The molecule has 2 heterocycles. The summed E-state index contributed by atoms with van der Waals surface area (Å²) in [6.07, 6.45) is 0.795. The van der Waals surface area contributed by atoms with Crippen molar-refractivity contribution in [3.63, 3.8) is 0 Å². The minimum atomic E-state index is -0.982. The van der Waals surface area contributed by atoms with E-state index in [2.05, 4.69) is 16.0 Å². The lowest BCUT2D eigenvalue weighted by Gasteiger charge is -2.20. The first kappa shape index (κ1) is 18.5. The van der Waals surface area contributed by atoms with Crippen molar-refractivity contribution in [3.05, 3.63) is 52.2 Å². The van der Waals surface area contributed by atoms with Gasteiger partial charge in [-0.25, -0.2) is 4.79 Å². The molecule has 6 nitrogen and oxygen atoms in total. The summed E-state index contributed by atoms with van der Waals surface area (Å²) in [7, 11) is 0. The van der Waals surface area contributed by atoms with Crippen molar-refractivity contribution >= 4 is 40.9 Å². The number of hydrogen-bond acceptors (Lipinski definition) is 5. The van der Waals surface area contributed by atoms with Gasteiger partial charge >= 0.3 is 6.03 Å². The fourth-order valence-corrected chi connectivity index (χ4v) is 4.38. The van der Waals surface area contributed by atoms with E-state index in [1.165, 1.54) is 16.6 Å². The van der Waals surface area contributed by atoms with Crippen molar-refractivity contribution in [3.8, 4) is 0 Å². The van der Waals surface area contributed by atoms with Gasteiger partial charge < -0.3 is 10.6 Å². The molecule has 1 atom stereocenters. The molecule has 3 rings (SSSR count). The maximum absolute atomic E-state index is 12.5. The van der Waals surface area contributed by atoms with Gasteiger partial charge in [-0.3, -0.25) is 14.9 Å². The molecular formula is C18H19N3O3S2. The van der Waals surface area contributed by atoms with Crippen LogP contribution < -0.4 is 16.0 Å². The van der Waals surface area contributed by atoms with E-state index < -0.39 is 11.6 Å². The van der Waals surface area contributed by atoms with Crippen molar-refractivity contribution in [2.75, 3.05) is 12.3 Å². The van der Waals surface area contributed by atoms with E-state index in [0.717, 1.165) is 11.3 Å². The van der Waals surface area contributed by atoms with E-state index in [0.29, 0.717) is 17.9 Å². The molecule has 0 aliphatic carbocycles. The number of thioether (sulfide) groups is 1. The van der Waals surface area contributed by atoms with Gasteiger partial charge in [0.2, 0.25) is 0 Å². The molecule has 2 aromatic rings. The lowest BCUT2D eigenvalue weighted by atomic mass is 10.1. The zero-order valence-corrected chi connectivity index (χ0v) is 15.8. The second-order valence-corrected chi connectivity index (χ2v) is 8.16. The minimum Gasteiger partial charge on any atom is -0.352 e. The molecule has 1 aliphatic rings. The van der Waals surface area contributed by atoms with Gasteiger partial charge in [0.15, 0.2) is 0 Å². The molecule has 0 bridgehead atoms. The topological polar surface area (TPSA) is 87.3 Å². The second kappa shape index (κ2) is 7.92. The summed E-state index contributed by atoms with van der Waals surface area (Å²) in [6.45, 7) is 2.23. The predicted molar refractivity (Wildman–Crippen MR) is 103 cm³/mol. The van der Waals surface area contributed by atoms with E-state index in [-0.39, 0.29) is 11.8 Å². The Balaban J connectivity index is 1.61. The normalized spacial score (nSPS) is 19.1. The summed E-state index contributed by atoms with van der Waals surface area (Å²) in [6, 6.07) is 10.8. The molecule has 3 N–H and O–H groups in total. The first-order chi connectivity index (χ1) is 12.5. The zero-order chi connectivity index (χ0) is 18.6. The summed E-state index contributed by atoms with van der Waals surface area (Å²) >= 11 is 3.04. The van der Waals surface area contributed by atoms with E-state index >= 15 is 0 Å². The Morgan fingerprint density at radius 3 is 2.73 bits per heavy atom. The van der Waals surface area contributed by atoms with Gasteiger partial charge in [0.1, 0.15) is 5.54 Å². The molecule has 1 saturated heterocycles. The van der Waals surface area contributed by atoms with E-state index in [1.807, 2.05) is 35.7 Å². The number of thiophene rings is 1. The Hall–Kier alpha value is -2.32. The highest BCUT2D eigenvalue weighted by Gasteiger charge is 2.41. The Labute approximate surface area is 159 Å². The molecule has 1 fully saturated rings. The van der Waals surface area contributed by atoms with Crippen LogP contribution in [-0.2, 0) is 11.2 Å². The number of carbonyl (C=O) groups is 3. The fourth-order valence-electron chi connectivity index (χ4n) is 2.53. The molecule has 1 unspecified atom stereocenters. The second-order valence-electron chi connectivity index (χ2n) is 6.11. The lowest BCUT2D eigenvalue weighted by molar-refractivity contribution is -0.122. The van der Waals surface area contributed by atoms with Crippen LogP contribution in [0, 0.1) is 0 Å². The third-order valence-corrected chi connectivity index (χ3v) is 6.33. The molecule has 1 aliphatic heterocycles. The van der Waals surface area contributed by atoms with Crippen LogP contribution in [0.15, 0.2) is 46.7 Å². The van der Waals surface area contributed by atoms with Gasteiger partial charge in [0.25, 0.3) is 11.8 Å². The number of imide groups is 1. The average molecular weight is 390 g/mol. The van der Waals surface area contributed by atoms with Crippen LogP contribution in [0.5, 0.6) is 0 Å². The minimum absolute atomic E-state index is 0.144. The van der Waals surface area contributed by atoms with Crippen LogP contribution >= 0.6 is 23.1 Å². The summed E-state index contributed by atoms with van der Waals surface area (Å²) in [4.78, 5) is 37.8. The average Bonchev–Trinajstić information content (AvgIpc) is 3.21. The van der Waals surface area contributed by atoms with E-state index in [9.17, 15) is 14.4 Å². The molecule has 1 aromatic carbocycles. The molecule has 26 heavy (non-hydrogen) atoms. The molecule has 0 spiro atoms. The summed E-state index contributed by atoms with van der Waals surface area (Å²) in [5.74, 6) is -0.160. The van der Waals surface area contributed by atoms with Crippen molar-refractivity contribution in [1.82, 2.24) is 16.0 Å². The van der Waals surface area contributed by atoms with E-state index in [1.54, 1.807) is 24.3 Å². The van der Waals surface area contributed by atoms with Crippen LogP contribution in [0.1, 0.15) is 22.2 Å². The lowest BCUT2D eigenvalue weighted by Crippen LogP contribution is -2.46. The molecule has 0 radical (unpaired) electrons. The molecule has 1 aromatic heterocycles. The maximum atomic E-state index is 12.5. The first-order valence-corrected chi connectivity index (χ1v) is 10.0. The number of amides is 4. The number of rotatable bonds is 7. The van der Waals surface area contributed by atoms with Gasteiger partial charge in [-0.15, -0.1) is 23.1 Å². The van der Waals surface area contributed by atoms with Crippen LogP contribution in [0.25, 0.3) is 0 Å².